The quantitative estimate of drug-likeness (QED) is 0.614. The van der Waals surface area contributed by atoms with Gasteiger partial charge in [0.2, 0.25) is 5.91 Å². The van der Waals surface area contributed by atoms with Crippen LogP contribution in [0.5, 0.6) is 0 Å². The van der Waals surface area contributed by atoms with Crippen LogP contribution in [-0.2, 0) is 11.8 Å². The molecule has 0 aliphatic carbocycles. The van der Waals surface area contributed by atoms with E-state index in [1.807, 2.05) is 73.1 Å². The Morgan fingerprint density at radius 2 is 1.77 bits per heavy atom. The lowest BCUT2D eigenvalue weighted by atomic mass is 10.2. The first-order valence-electron chi connectivity index (χ1n) is 8.12. The lowest BCUT2D eigenvalue weighted by molar-refractivity contribution is -0.117. The summed E-state index contributed by atoms with van der Waals surface area (Å²) in [4.78, 5) is 14.4. The van der Waals surface area contributed by atoms with Crippen LogP contribution in [0.15, 0.2) is 59.8 Å². The van der Waals surface area contributed by atoms with E-state index in [2.05, 4.69) is 10.2 Å². The summed E-state index contributed by atoms with van der Waals surface area (Å²) in [7, 11) is 3.65. The number of carbonyl (C=O) groups is 1. The molecular weight excluding hydrogens is 368 g/mol. The molecule has 26 heavy (non-hydrogen) atoms. The van der Waals surface area contributed by atoms with Crippen molar-refractivity contribution in [1.82, 2.24) is 14.8 Å². The lowest BCUT2D eigenvalue weighted by Crippen LogP contribution is -2.33. The summed E-state index contributed by atoms with van der Waals surface area (Å²) >= 11 is 7.63. The highest BCUT2D eigenvalue weighted by Crippen LogP contribution is 2.30. The number of benzene rings is 2. The van der Waals surface area contributed by atoms with Crippen molar-refractivity contribution in [2.45, 2.75) is 17.3 Å². The number of aromatic nitrogens is 3. The SMILES string of the molecule is CC(Sc1nnc(-c2ccccc2Cl)n1C)C(=O)N(C)c1ccccc1. The van der Waals surface area contributed by atoms with Gasteiger partial charge in [0.15, 0.2) is 11.0 Å². The summed E-state index contributed by atoms with van der Waals surface area (Å²) in [6, 6.07) is 17.1. The van der Waals surface area contributed by atoms with Crippen LogP contribution in [0.25, 0.3) is 11.4 Å². The second-order valence-electron chi connectivity index (χ2n) is 5.84. The molecule has 0 spiro atoms. The maximum absolute atomic E-state index is 12.7. The third kappa shape index (κ3) is 3.76. The van der Waals surface area contributed by atoms with Gasteiger partial charge in [0.05, 0.1) is 10.3 Å². The number of halogens is 1. The number of para-hydroxylation sites is 1. The van der Waals surface area contributed by atoms with Crippen molar-refractivity contribution < 1.29 is 4.79 Å². The zero-order valence-corrected chi connectivity index (χ0v) is 16.3. The van der Waals surface area contributed by atoms with Gasteiger partial charge in [-0.05, 0) is 31.2 Å². The minimum Gasteiger partial charge on any atom is -0.315 e. The standard InChI is InChI=1S/C19H19ClN4OS/c1-13(18(25)23(2)14-9-5-4-6-10-14)26-19-22-21-17(24(19)3)15-11-7-8-12-16(15)20/h4-13H,1-3H3. The molecule has 0 saturated carbocycles. The van der Waals surface area contributed by atoms with E-state index in [1.54, 1.807) is 11.9 Å². The summed E-state index contributed by atoms with van der Waals surface area (Å²) in [6.07, 6.45) is 0. The first-order valence-corrected chi connectivity index (χ1v) is 9.38. The maximum atomic E-state index is 12.7. The Morgan fingerprint density at radius 1 is 1.12 bits per heavy atom. The summed E-state index contributed by atoms with van der Waals surface area (Å²) < 4.78 is 1.86. The summed E-state index contributed by atoms with van der Waals surface area (Å²) in [5.74, 6) is 0.678. The number of hydrogen-bond donors (Lipinski definition) is 0. The molecule has 5 nitrogen and oxygen atoms in total. The molecule has 3 aromatic rings. The molecule has 0 bridgehead atoms. The lowest BCUT2D eigenvalue weighted by Gasteiger charge is -2.20. The highest BCUT2D eigenvalue weighted by atomic mass is 35.5. The summed E-state index contributed by atoms with van der Waals surface area (Å²) in [6.45, 7) is 1.87. The fraction of sp³-hybridized carbons (Fsp3) is 0.211. The van der Waals surface area contributed by atoms with Crippen LogP contribution in [0.4, 0.5) is 5.69 Å². The molecule has 134 valence electrons. The van der Waals surface area contributed by atoms with Gasteiger partial charge >= 0.3 is 0 Å². The van der Waals surface area contributed by atoms with E-state index in [0.717, 1.165) is 11.3 Å². The van der Waals surface area contributed by atoms with Crippen LogP contribution in [0.2, 0.25) is 5.02 Å². The predicted octanol–water partition coefficient (Wildman–Crippen LogP) is 4.28. The van der Waals surface area contributed by atoms with Crippen molar-refractivity contribution in [2.24, 2.45) is 7.05 Å². The van der Waals surface area contributed by atoms with Crippen molar-refractivity contribution >= 4 is 35.0 Å². The van der Waals surface area contributed by atoms with Gasteiger partial charge in [0.25, 0.3) is 0 Å². The highest BCUT2D eigenvalue weighted by Gasteiger charge is 2.23. The van der Waals surface area contributed by atoms with Crippen molar-refractivity contribution in [3.63, 3.8) is 0 Å². The largest absolute Gasteiger partial charge is 0.315 e. The Labute approximate surface area is 162 Å². The molecule has 0 aliphatic heterocycles. The number of rotatable bonds is 5. The first kappa shape index (κ1) is 18.5. The topological polar surface area (TPSA) is 51.0 Å². The van der Waals surface area contributed by atoms with E-state index in [9.17, 15) is 4.79 Å². The van der Waals surface area contributed by atoms with Crippen molar-refractivity contribution in [3.8, 4) is 11.4 Å². The number of nitrogens with zero attached hydrogens (tertiary/aromatic N) is 4. The van der Waals surface area contributed by atoms with E-state index in [0.29, 0.717) is 16.0 Å². The Bertz CT molecular complexity index is 913. The van der Waals surface area contributed by atoms with E-state index in [4.69, 9.17) is 11.6 Å². The average molecular weight is 387 g/mol. The van der Waals surface area contributed by atoms with E-state index < -0.39 is 0 Å². The van der Waals surface area contributed by atoms with Gasteiger partial charge in [-0.1, -0.05) is 53.7 Å². The zero-order chi connectivity index (χ0) is 18.7. The number of amides is 1. The molecule has 3 rings (SSSR count). The van der Waals surface area contributed by atoms with Crippen molar-refractivity contribution in [3.05, 3.63) is 59.6 Å². The molecule has 1 aromatic heterocycles. The second kappa shape index (κ2) is 7.93. The number of hydrogen-bond acceptors (Lipinski definition) is 4. The van der Waals surface area contributed by atoms with Gasteiger partial charge in [-0.2, -0.15) is 0 Å². The Hall–Kier alpha value is -2.31. The molecule has 7 heteroatoms. The average Bonchev–Trinajstić information content (AvgIpc) is 3.02. The van der Waals surface area contributed by atoms with Crippen molar-refractivity contribution in [2.75, 3.05) is 11.9 Å². The highest BCUT2D eigenvalue weighted by molar-refractivity contribution is 8.00. The fourth-order valence-corrected chi connectivity index (χ4v) is 3.68. The van der Waals surface area contributed by atoms with Gasteiger partial charge < -0.3 is 9.47 Å². The van der Waals surface area contributed by atoms with Crippen molar-refractivity contribution in [1.29, 1.82) is 0 Å². The Morgan fingerprint density at radius 3 is 2.46 bits per heavy atom. The molecule has 1 amide bonds. The van der Waals surface area contributed by atoms with Gasteiger partial charge in [0, 0.05) is 25.3 Å². The van der Waals surface area contributed by atoms with E-state index >= 15 is 0 Å². The normalized spacial score (nSPS) is 12.0. The molecule has 2 aromatic carbocycles. The third-order valence-corrected chi connectivity index (χ3v) is 5.50. The molecule has 0 radical (unpaired) electrons. The van der Waals surface area contributed by atoms with Gasteiger partial charge in [0.1, 0.15) is 0 Å². The van der Waals surface area contributed by atoms with E-state index in [1.165, 1.54) is 11.8 Å². The van der Waals surface area contributed by atoms with Crippen LogP contribution >= 0.6 is 23.4 Å². The smallest absolute Gasteiger partial charge is 0.240 e. The minimum absolute atomic E-state index is 0.00323. The predicted molar refractivity (Wildman–Crippen MR) is 107 cm³/mol. The Kier molecular flexibility index (Phi) is 5.64. The van der Waals surface area contributed by atoms with Gasteiger partial charge in [-0.3, -0.25) is 4.79 Å². The van der Waals surface area contributed by atoms with E-state index in [-0.39, 0.29) is 11.2 Å². The van der Waals surface area contributed by atoms with Crippen LogP contribution in [-0.4, -0.2) is 33.0 Å². The molecular formula is C19H19ClN4OS. The number of carbonyl (C=O) groups excluding carboxylic acids is 1. The maximum Gasteiger partial charge on any atom is 0.240 e. The molecule has 0 N–H and O–H groups in total. The van der Waals surface area contributed by atoms with Crippen LogP contribution in [0.3, 0.4) is 0 Å². The molecule has 0 fully saturated rings. The number of thioether (sulfide) groups is 1. The molecule has 0 aliphatic rings. The van der Waals surface area contributed by atoms with Crippen LogP contribution in [0.1, 0.15) is 6.92 Å². The van der Waals surface area contributed by atoms with Crippen LogP contribution < -0.4 is 4.90 Å². The second-order valence-corrected chi connectivity index (χ2v) is 7.55. The molecule has 1 atom stereocenters. The van der Waals surface area contributed by atoms with Gasteiger partial charge in [-0.15, -0.1) is 10.2 Å². The van der Waals surface area contributed by atoms with Gasteiger partial charge in [-0.25, -0.2) is 0 Å². The monoisotopic (exact) mass is 386 g/mol. The minimum atomic E-state index is -0.304. The summed E-state index contributed by atoms with van der Waals surface area (Å²) in [5, 5.41) is 9.46. The molecule has 0 saturated heterocycles. The summed E-state index contributed by atoms with van der Waals surface area (Å²) in [5.41, 5.74) is 1.68. The third-order valence-electron chi connectivity index (χ3n) is 4.05. The molecule has 1 heterocycles. The molecule has 1 unspecified atom stereocenters. The fourth-order valence-electron chi connectivity index (χ4n) is 2.55. The van der Waals surface area contributed by atoms with Crippen LogP contribution in [0, 0.1) is 0 Å². The zero-order valence-electron chi connectivity index (χ0n) is 14.8. The number of anilines is 1. The Balaban J connectivity index is 1.77. The first-order chi connectivity index (χ1) is 12.5.